The Bertz CT molecular complexity index is 700. The minimum absolute atomic E-state index is 0.111. The van der Waals surface area contributed by atoms with Crippen LogP contribution in [0.1, 0.15) is 37.0 Å². The molecule has 1 amide bonds. The lowest BCUT2D eigenvalue weighted by molar-refractivity contribution is 0.0698. The molecular formula is C13H15N3O3S. The van der Waals surface area contributed by atoms with Gasteiger partial charge in [0, 0.05) is 17.6 Å². The molecule has 0 saturated carbocycles. The second-order valence-electron chi connectivity index (χ2n) is 4.53. The number of anilines is 1. The predicted octanol–water partition coefficient (Wildman–Crippen LogP) is 2.36. The summed E-state index contributed by atoms with van der Waals surface area (Å²) >= 11 is 1.24. The molecule has 0 spiro atoms. The third-order valence-electron chi connectivity index (χ3n) is 3.05. The smallest absolute Gasteiger partial charge is 0.338 e. The molecule has 0 fully saturated rings. The van der Waals surface area contributed by atoms with E-state index < -0.39 is 5.97 Å². The second kappa shape index (κ2) is 5.09. The maximum Gasteiger partial charge on any atom is 0.338 e. The lowest BCUT2D eigenvalue weighted by Gasteiger charge is -2.04. The molecule has 0 aromatic carbocycles. The summed E-state index contributed by atoms with van der Waals surface area (Å²) in [6.45, 7) is 5.35. The summed E-state index contributed by atoms with van der Waals surface area (Å²) < 4.78 is 1.63. The number of aromatic nitrogens is 2. The van der Waals surface area contributed by atoms with Crippen LogP contribution in [0.15, 0.2) is 6.07 Å². The molecule has 106 valence electrons. The summed E-state index contributed by atoms with van der Waals surface area (Å²) in [5, 5.41) is 16.3. The zero-order valence-corrected chi connectivity index (χ0v) is 12.5. The number of carbonyl (C=O) groups is 2. The lowest BCUT2D eigenvalue weighted by Crippen LogP contribution is -2.15. The third kappa shape index (κ3) is 2.44. The van der Waals surface area contributed by atoms with Gasteiger partial charge in [0.25, 0.3) is 5.91 Å². The van der Waals surface area contributed by atoms with Gasteiger partial charge in [-0.25, -0.2) is 4.79 Å². The molecule has 2 rings (SSSR count). The van der Waals surface area contributed by atoms with Crippen LogP contribution in [0.3, 0.4) is 0 Å². The molecule has 2 aromatic rings. The molecule has 0 aliphatic heterocycles. The van der Waals surface area contributed by atoms with Crippen LogP contribution in [-0.4, -0.2) is 26.8 Å². The number of aryl methyl sites for hydroxylation is 3. The van der Waals surface area contributed by atoms with Crippen LogP contribution in [0.25, 0.3) is 0 Å². The Balaban J connectivity index is 2.35. The summed E-state index contributed by atoms with van der Waals surface area (Å²) in [7, 11) is 1.76. The van der Waals surface area contributed by atoms with Gasteiger partial charge >= 0.3 is 5.97 Å². The predicted molar refractivity (Wildman–Crippen MR) is 76.7 cm³/mol. The van der Waals surface area contributed by atoms with Crippen molar-refractivity contribution in [3.63, 3.8) is 0 Å². The van der Waals surface area contributed by atoms with Gasteiger partial charge in [-0.1, -0.05) is 0 Å². The second-order valence-corrected chi connectivity index (χ2v) is 5.78. The Morgan fingerprint density at radius 3 is 2.50 bits per heavy atom. The van der Waals surface area contributed by atoms with Gasteiger partial charge in [0.2, 0.25) is 0 Å². The number of rotatable bonds is 3. The largest absolute Gasteiger partial charge is 0.478 e. The fraction of sp³-hybridized carbons (Fsp3) is 0.308. The molecule has 2 N–H and O–H groups in total. The fourth-order valence-electron chi connectivity index (χ4n) is 2.03. The standard InChI is InChI=1S/C13H15N3O3S/c1-6-5-9(13(18)19)12(20-6)14-11(17)10-7(2)15-16(4)8(10)3/h5H,1-4H3,(H,14,17)(H,18,19). The monoisotopic (exact) mass is 293 g/mol. The van der Waals surface area contributed by atoms with Crippen molar-refractivity contribution < 1.29 is 14.7 Å². The SMILES string of the molecule is Cc1cc(C(=O)O)c(NC(=O)c2c(C)nn(C)c2C)s1. The van der Waals surface area contributed by atoms with E-state index in [0.29, 0.717) is 16.3 Å². The van der Waals surface area contributed by atoms with Crippen molar-refractivity contribution in [3.8, 4) is 0 Å². The minimum Gasteiger partial charge on any atom is -0.478 e. The van der Waals surface area contributed by atoms with E-state index >= 15 is 0 Å². The molecule has 0 bridgehead atoms. The Labute approximate surface area is 120 Å². The fourth-order valence-corrected chi connectivity index (χ4v) is 2.93. The van der Waals surface area contributed by atoms with Gasteiger partial charge in [-0.2, -0.15) is 5.10 Å². The number of nitrogens with one attached hydrogen (secondary N) is 1. The van der Waals surface area contributed by atoms with E-state index in [0.717, 1.165) is 10.6 Å². The van der Waals surface area contributed by atoms with Crippen LogP contribution in [0.4, 0.5) is 5.00 Å². The highest BCUT2D eigenvalue weighted by Gasteiger charge is 2.21. The lowest BCUT2D eigenvalue weighted by atomic mass is 10.2. The maximum absolute atomic E-state index is 12.3. The number of amides is 1. The van der Waals surface area contributed by atoms with Crippen molar-refractivity contribution in [1.82, 2.24) is 9.78 Å². The van der Waals surface area contributed by atoms with Gasteiger partial charge in [0.15, 0.2) is 0 Å². The molecular weight excluding hydrogens is 278 g/mol. The van der Waals surface area contributed by atoms with Crippen LogP contribution in [0, 0.1) is 20.8 Å². The van der Waals surface area contributed by atoms with Crippen molar-refractivity contribution in [2.75, 3.05) is 5.32 Å². The highest BCUT2D eigenvalue weighted by atomic mass is 32.1. The first-order valence-corrected chi connectivity index (χ1v) is 6.78. The summed E-state index contributed by atoms with van der Waals surface area (Å²) in [4.78, 5) is 24.3. The van der Waals surface area contributed by atoms with Crippen LogP contribution in [0.2, 0.25) is 0 Å². The highest BCUT2D eigenvalue weighted by Crippen LogP contribution is 2.28. The molecule has 2 aromatic heterocycles. The molecule has 0 atom stereocenters. The van der Waals surface area contributed by atoms with Gasteiger partial charge in [-0.3, -0.25) is 9.48 Å². The first-order valence-electron chi connectivity index (χ1n) is 5.96. The van der Waals surface area contributed by atoms with E-state index in [1.807, 2.05) is 0 Å². The first kappa shape index (κ1) is 14.3. The highest BCUT2D eigenvalue weighted by molar-refractivity contribution is 7.16. The van der Waals surface area contributed by atoms with Crippen molar-refractivity contribution >= 4 is 28.2 Å². The molecule has 2 heterocycles. The molecule has 0 unspecified atom stereocenters. The van der Waals surface area contributed by atoms with Crippen LogP contribution in [0.5, 0.6) is 0 Å². The minimum atomic E-state index is -1.05. The Kier molecular flexibility index (Phi) is 3.63. The van der Waals surface area contributed by atoms with Crippen LogP contribution in [-0.2, 0) is 7.05 Å². The number of hydrogen-bond donors (Lipinski definition) is 2. The normalized spacial score (nSPS) is 10.6. The van der Waals surface area contributed by atoms with Crippen molar-refractivity contribution in [2.24, 2.45) is 7.05 Å². The number of carboxylic acid groups (broad SMARTS) is 1. The van der Waals surface area contributed by atoms with Gasteiger partial charge in [-0.15, -0.1) is 11.3 Å². The summed E-state index contributed by atoms with van der Waals surface area (Å²) in [5.74, 6) is -1.39. The van der Waals surface area contributed by atoms with E-state index in [-0.39, 0.29) is 11.5 Å². The number of hydrogen-bond acceptors (Lipinski definition) is 4. The Morgan fingerprint density at radius 2 is 2.00 bits per heavy atom. The zero-order valence-electron chi connectivity index (χ0n) is 11.6. The molecule has 7 heteroatoms. The first-order chi connectivity index (χ1) is 9.31. The maximum atomic E-state index is 12.3. The number of thiophene rings is 1. The summed E-state index contributed by atoms with van der Waals surface area (Å²) in [6, 6.07) is 1.55. The van der Waals surface area contributed by atoms with E-state index in [9.17, 15) is 9.59 Å². The average Bonchev–Trinajstić information content (AvgIpc) is 2.80. The summed E-state index contributed by atoms with van der Waals surface area (Å²) in [6.07, 6.45) is 0. The van der Waals surface area contributed by atoms with E-state index in [4.69, 9.17) is 5.11 Å². The molecule has 0 radical (unpaired) electrons. The van der Waals surface area contributed by atoms with E-state index in [2.05, 4.69) is 10.4 Å². The number of nitrogens with zero attached hydrogens (tertiary/aromatic N) is 2. The van der Waals surface area contributed by atoms with E-state index in [1.165, 1.54) is 11.3 Å². The molecule has 0 aliphatic carbocycles. The zero-order chi connectivity index (χ0) is 15.0. The van der Waals surface area contributed by atoms with Crippen LogP contribution >= 0.6 is 11.3 Å². The van der Waals surface area contributed by atoms with Gasteiger partial charge < -0.3 is 10.4 Å². The number of aromatic carboxylic acids is 1. The molecule has 0 aliphatic rings. The van der Waals surface area contributed by atoms with Crippen molar-refractivity contribution in [3.05, 3.63) is 33.5 Å². The molecule has 6 nitrogen and oxygen atoms in total. The topological polar surface area (TPSA) is 84.2 Å². The van der Waals surface area contributed by atoms with Crippen LogP contribution < -0.4 is 5.32 Å². The van der Waals surface area contributed by atoms with Gasteiger partial charge in [-0.05, 0) is 26.8 Å². The Morgan fingerprint density at radius 1 is 1.35 bits per heavy atom. The summed E-state index contributed by atoms with van der Waals surface area (Å²) in [5.41, 5.74) is 1.95. The average molecular weight is 293 g/mol. The Hall–Kier alpha value is -2.15. The number of carbonyl (C=O) groups excluding carboxylic acids is 1. The van der Waals surface area contributed by atoms with Gasteiger partial charge in [0.1, 0.15) is 5.00 Å². The third-order valence-corrected chi connectivity index (χ3v) is 4.01. The van der Waals surface area contributed by atoms with Crippen molar-refractivity contribution in [1.29, 1.82) is 0 Å². The van der Waals surface area contributed by atoms with Crippen molar-refractivity contribution in [2.45, 2.75) is 20.8 Å². The number of carboxylic acids is 1. The van der Waals surface area contributed by atoms with Gasteiger partial charge in [0.05, 0.1) is 16.8 Å². The molecule has 20 heavy (non-hydrogen) atoms. The molecule has 0 saturated heterocycles. The van der Waals surface area contributed by atoms with E-state index in [1.54, 1.807) is 38.6 Å². The quantitative estimate of drug-likeness (QED) is 0.909.